The first-order valence-corrected chi connectivity index (χ1v) is 12.3. The van der Waals surface area contributed by atoms with Crippen LogP contribution in [0.2, 0.25) is 5.02 Å². The van der Waals surface area contributed by atoms with E-state index in [1.165, 1.54) is 0 Å². The monoisotopic (exact) mass is 505 g/mol. The fourth-order valence-electron chi connectivity index (χ4n) is 3.99. The molecular formula is C28H28ClN3O4. The quantitative estimate of drug-likeness (QED) is 0.218. The zero-order chi connectivity index (χ0) is 25.5. The van der Waals surface area contributed by atoms with E-state index in [1.807, 2.05) is 36.4 Å². The maximum atomic E-state index is 13.1. The molecular weight excluding hydrogens is 478 g/mol. The fraction of sp³-hybridized carbons (Fsp3) is 0.250. The largest absolute Gasteiger partial charge is 0.493 e. The van der Waals surface area contributed by atoms with Gasteiger partial charge < -0.3 is 15.2 Å². The predicted molar refractivity (Wildman–Crippen MR) is 143 cm³/mol. The van der Waals surface area contributed by atoms with E-state index in [1.54, 1.807) is 35.0 Å². The molecule has 2 aromatic carbocycles. The maximum Gasteiger partial charge on any atom is 0.338 e. The normalized spacial score (nSPS) is 10.9. The summed E-state index contributed by atoms with van der Waals surface area (Å²) in [5.41, 5.74) is 8.77. The van der Waals surface area contributed by atoms with Crippen molar-refractivity contribution in [3.63, 3.8) is 0 Å². The third-order valence-corrected chi connectivity index (χ3v) is 6.00. The van der Waals surface area contributed by atoms with Crippen LogP contribution in [-0.2, 0) is 11.3 Å². The molecule has 0 aliphatic carbocycles. The van der Waals surface area contributed by atoms with E-state index in [0.717, 1.165) is 23.8 Å². The van der Waals surface area contributed by atoms with Crippen molar-refractivity contribution >= 4 is 34.3 Å². The molecule has 0 atom stereocenters. The molecule has 4 rings (SSSR count). The van der Waals surface area contributed by atoms with Gasteiger partial charge in [0.1, 0.15) is 17.1 Å². The molecule has 8 heteroatoms. The van der Waals surface area contributed by atoms with E-state index in [4.69, 9.17) is 26.8 Å². The number of hydrogen-bond acceptors (Lipinski definition) is 6. The molecule has 0 saturated heterocycles. The van der Waals surface area contributed by atoms with Crippen LogP contribution in [0.1, 0.15) is 36.5 Å². The Labute approximate surface area is 214 Å². The lowest BCUT2D eigenvalue weighted by molar-refractivity contribution is 0.0486. The molecule has 0 aliphatic heterocycles. The van der Waals surface area contributed by atoms with Crippen molar-refractivity contribution in [2.75, 3.05) is 18.9 Å². The highest BCUT2D eigenvalue weighted by Gasteiger charge is 2.17. The molecule has 36 heavy (non-hydrogen) atoms. The molecule has 2 N–H and O–H groups in total. The van der Waals surface area contributed by atoms with Crippen LogP contribution in [-0.4, -0.2) is 28.7 Å². The van der Waals surface area contributed by atoms with Gasteiger partial charge in [-0.05, 0) is 54.4 Å². The number of nitrogens with zero attached hydrogens (tertiary/aromatic N) is 2. The standard InChI is InChI=1S/C28H28ClN3O4/c1-2-3-14-32-26-23(12-6-13-31-26)24(25(30)27(32)33)19-8-5-11-22(18-19)35-15-7-16-36-28(34)20-9-4-10-21(29)17-20/h4-6,8-13,17-18H,2-3,7,14-16,30H2,1H3. The molecule has 4 aromatic rings. The van der Waals surface area contributed by atoms with Gasteiger partial charge in [0, 0.05) is 35.1 Å². The summed E-state index contributed by atoms with van der Waals surface area (Å²) in [5, 5.41) is 1.30. The molecule has 0 spiro atoms. The average Bonchev–Trinajstić information content (AvgIpc) is 2.89. The zero-order valence-corrected chi connectivity index (χ0v) is 20.8. The van der Waals surface area contributed by atoms with Crippen LogP contribution in [0.5, 0.6) is 5.75 Å². The first-order chi connectivity index (χ1) is 17.5. The smallest absolute Gasteiger partial charge is 0.338 e. The lowest BCUT2D eigenvalue weighted by Crippen LogP contribution is -2.25. The molecule has 7 nitrogen and oxygen atoms in total. The summed E-state index contributed by atoms with van der Waals surface area (Å²) in [4.78, 5) is 29.7. The second-order valence-electron chi connectivity index (χ2n) is 8.35. The first kappa shape index (κ1) is 25.3. The molecule has 186 valence electrons. The van der Waals surface area contributed by atoms with Gasteiger partial charge in [0.15, 0.2) is 0 Å². The number of anilines is 1. The number of hydrogen-bond donors (Lipinski definition) is 1. The van der Waals surface area contributed by atoms with Gasteiger partial charge in [0.2, 0.25) is 0 Å². The number of pyridine rings is 2. The van der Waals surface area contributed by atoms with Crippen LogP contribution in [0.4, 0.5) is 5.69 Å². The summed E-state index contributed by atoms with van der Waals surface area (Å²) < 4.78 is 12.8. The lowest BCUT2D eigenvalue weighted by atomic mass is 10.0. The number of ether oxygens (including phenoxy) is 2. The van der Waals surface area contributed by atoms with Gasteiger partial charge in [-0.15, -0.1) is 0 Å². The van der Waals surface area contributed by atoms with Crippen molar-refractivity contribution in [2.45, 2.75) is 32.7 Å². The van der Waals surface area contributed by atoms with E-state index in [2.05, 4.69) is 11.9 Å². The Bertz CT molecular complexity index is 1430. The predicted octanol–water partition coefficient (Wildman–Crippen LogP) is 5.73. The number of halogens is 1. The van der Waals surface area contributed by atoms with Gasteiger partial charge in [0.25, 0.3) is 5.56 Å². The molecule has 2 aromatic heterocycles. The number of aryl methyl sites for hydroxylation is 1. The Kier molecular flexibility index (Phi) is 8.23. The minimum atomic E-state index is -0.427. The molecule has 0 unspecified atom stereocenters. The highest BCUT2D eigenvalue weighted by molar-refractivity contribution is 6.30. The highest BCUT2D eigenvalue weighted by atomic mass is 35.5. The number of nitrogen functional groups attached to an aromatic ring is 1. The Morgan fingerprint density at radius 3 is 2.69 bits per heavy atom. The SMILES string of the molecule is CCCCn1c(=O)c(N)c(-c2cccc(OCCCOC(=O)c3cccc(Cl)c3)c2)c2cccnc21. The van der Waals surface area contributed by atoms with Gasteiger partial charge in [-0.3, -0.25) is 9.36 Å². The van der Waals surface area contributed by atoms with E-state index < -0.39 is 5.97 Å². The van der Waals surface area contributed by atoms with Crippen molar-refractivity contribution < 1.29 is 14.3 Å². The van der Waals surface area contributed by atoms with Crippen molar-refractivity contribution in [3.05, 3.63) is 87.8 Å². The highest BCUT2D eigenvalue weighted by Crippen LogP contribution is 2.33. The van der Waals surface area contributed by atoms with E-state index in [-0.39, 0.29) is 17.9 Å². The van der Waals surface area contributed by atoms with Crippen molar-refractivity contribution in [1.82, 2.24) is 9.55 Å². The number of carbonyl (C=O) groups is 1. The fourth-order valence-corrected chi connectivity index (χ4v) is 4.18. The van der Waals surface area contributed by atoms with Gasteiger partial charge in [-0.1, -0.05) is 43.1 Å². The minimum Gasteiger partial charge on any atom is -0.493 e. The van der Waals surface area contributed by atoms with Crippen molar-refractivity contribution in [1.29, 1.82) is 0 Å². The second kappa shape index (κ2) is 11.7. The van der Waals surface area contributed by atoms with Gasteiger partial charge in [-0.25, -0.2) is 9.78 Å². The molecule has 0 bridgehead atoms. The molecule has 0 radical (unpaired) electrons. The number of aromatic nitrogens is 2. The van der Waals surface area contributed by atoms with Crippen LogP contribution in [0, 0.1) is 0 Å². The Morgan fingerprint density at radius 1 is 1.06 bits per heavy atom. The molecule has 0 saturated carbocycles. The van der Waals surface area contributed by atoms with Crippen molar-refractivity contribution in [3.8, 4) is 16.9 Å². The number of benzene rings is 2. The topological polar surface area (TPSA) is 96.4 Å². The van der Waals surface area contributed by atoms with Gasteiger partial charge in [0.05, 0.1) is 18.8 Å². The third-order valence-electron chi connectivity index (χ3n) is 5.77. The summed E-state index contributed by atoms with van der Waals surface area (Å²) in [6.45, 7) is 3.21. The number of nitrogens with two attached hydrogens (primary N) is 1. The number of esters is 1. The zero-order valence-electron chi connectivity index (χ0n) is 20.1. The molecule has 0 amide bonds. The van der Waals surface area contributed by atoms with Crippen LogP contribution in [0.15, 0.2) is 71.7 Å². The number of fused-ring (bicyclic) bond motifs is 1. The van der Waals surface area contributed by atoms with E-state index in [9.17, 15) is 9.59 Å². The number of carbonyl (C=O) groups excluding carboxylic acids is 1. The third kappa shape index (κ3) is 5.69. The van der Waals surface area contributed by atoms with Crippen LogP contribution >= 0.6 is 11.6 Å². The van der Waals surface area contributed by atoms with E-state index >= 15 is 0 Å². The minimum absolute atomic E-state index is 0.191. The van der Waals surface area contributed by atoms with Crippen molar-refractivity contribution in [2.24, 2.45) is 0 Å². The van der Waals surface area contributed by atoms with Crippen LogP contribution in [0.3, 0.4) is 0 Å². The maximum absolute atomic E-state index is 13.1. The summed E-state index contributed by atoms with van der Waals surface area (Å²) in [5.74, 6) is 0.199. The van der Waals surface area contributed by atoms with Gasteiger partial charge >= 0.3 is 5.97 Å². The molecule has 0 fully saturated rings. The Hall–Kier alpha value is -3.84. The lowest BCUT2D eigenvalue weighted by Gasteiger charge is -2.16. The first-order valence-electron chi connectivity index (χ1n) is 11.9. The average molecular weight is 506 g/mol. The number of unbranched alkanes of at least 4 members (excludes halogenated alkanes) is 1. The van der Waals surface area contributed by atoms with E-state index in [0.29, 0.717) is 47.1 Å². The van der Waals surface area contributed by atoms with Gasteiger partial charge in [-0.2, -0.15) is 0 Å². The number of rotatable bonds is 10. The summed E-state index contributed by atoms with van der Waals surface area (Å²) in [7, 11) is 0. The summed E-state index contributed by atoms with van der Waals surface area (Å²) in [6, 6.07) is 17.8. The van der Waals surface area contributed by atoms with Crippen LogP contribution in [0.25, 0.3) is 22.2 Å². The summed E-state index contributed by atoms with van der Waals surface area (Å²) in [6.07, 6.45) is 4.02. The summed E-state index contributed by atoms with van der Waals surface area (Å²) >= 11 is 5.92. The van der Waals surface area contributed by atoms with Crippen LogP contribution < -0.4 is 16.0 Å². The molecule has 0 aliphatic rings. The molecule has 2 heterocycles. The Morgan fingerprint density at radius 2 is 1.89 bits per heavy atom. The second-order valence-corrected chi connectivity index (χ2v) is 8.79. The Balaban J connectivity index is 1.46.